The Morgan fingerprint density at radius 3 is 2.88 bits per heavy atom. The van der Waals surface area contributed by atoms with Crippen LogP contribution in [0.2, 0.25) is 5.02 Å². The van der Waals surface area contributed by atoms with Gasteiger partial charge in [0.1, 0.15) is 11.3 Å². The van der Waals surface area contributed by atoms with Gasteiger partial charge in [0.2, 0.25) is 0 Å². The van der Waals surface area contributed by atoms with Crippen molar-refractivity contribution in [3.8, 4) is 5.75 Å². The number of anilines is 1. The third-order valence-corrected chi connectivity index (χ3v) is 2.71. The summed E-state index contributed by atoms with van der Waals surface area (Å²) in [7, 11) is 1.63. The number of hydrogen-bond acceptors (Lipinski definition) is 3. The van der Waals surface area contributed by atoms with Gasteiger partial charge in [-0.25, -0.2) is 0 Å². The zero-order valence-electron chi connectivity index (χ0n) is 9.25. The Bertz CT molecular complexity index is 514. The minimum Gasteiger partial charge on any atom is -0.494 e. The maximum absolute atomic E-state index is 6.19. The van der Waals surface area contributed by atoms with Crippen LogP contribution in [0.25, 0.3) is 10.9 Å². The Hall–Kier alpha value is -1.48. The normalized spacial score (nSPS) is 10.4. The van der Waals surface area contributed by atoms with Crippen LogP contribution in [0, 0.1) is 0 Å². The summed E-state index contributed by atoms with van der Waals surface area (Å²) in [6, 6.07) is 5.57. The number of pyridine rings is 1. The van der Waals surface area contributed by atoms with Crippen molar-refractivity contribution in [3.63, 3.8) is 0 Å². The minimum atomic E-state index is 0.680. The molecule has 3 nitrogen and oxygen atoms in total. The molecule has 0 radical (unpaired) electrons. The van der Waals surface area contributed by atoms with E-state index in [1.54, 1.807) is 13.3 Å². The highest BCUT2D eigenvalue weighted by atomic mass is 35.5. The third kappa shape index (κ3) is 1.78. The first-order chi connectivity index (χ1) is 7.77. The van der Waals surface area contributed by atoms with Crippen LogP contribution in [0.15, 0.2) is 24.4 Å². The van der Waals surface area contributed by atoms with Crippen molar-refractivity contribution in [1.82, 2.24) is 4.98 Å². The highest BCUT2D eigenvalue weighted by molar-refractivity contribution is 6.36. The molecule has 0 saturated heterocycles. The summed E-state index contributed by atoms with van der Waals surface area (Å²) in [5.41, 5.74) is 1.77. The minimum absolute atomic E-state index is 0.680. The molecule has 84 valence electrons. The second-order valence-corrected chi connectivity index (χ2v) is 3.77. The van der Waals surface area contributed by atoms with Gasteiger partial charge in [0.05, 0.1) is 12.1 Å². The second-order valence-electron chi connectivity index (χ2n) is 3.36. The van der Waals surface area contributed by atoms with Gasteiger partial charge in [-0.15, -0.1) is 0 Å². The first kappa shape index (κ1) is 11.0. The summed E-state index contributed by atoms with van der Waals surface area (Å²) in [5, 5.41) is 4.85. The summed E-state index contributed by atoms with van der Waals surface area (Å²) in [6.07, 6.45) is 1.75. The van der Waals surface area contributed by atoms with E-state index in [-0.39, 0.29) is 0 Å². The van der Waals surface area contributed by atoms with Gasteiger partial charge < -0.3 is 10.1 Å². The topological polar surface area (TPSA) is 34.2 Å². The average molecular weight is 237 g/mol. The van der Waals surface area contributed by atoms with Gasteiger partial charge >= 0.3 is 0 Å². The predicted octanol–water partition coefficient (Wildman–Crippen LogP) is 3.33. The molecule has 1 heterocycles. The number of fused-ring (bicyclic) bond motifs is 1. The monoisotopic (exact) mass is 236 g/mol. The fourth-order valence-corrected chi connectivity index (χ4v) is 1.96. The van der Waals surface area contributed by atoms with Crippen LogP contribution in [0.3, 0.4) is 0 Å². The van der Waals surface area contributed by atoms with E-state index in [4.69, 9.17) is 16.3 Å². The molecule has 4 heteroatoms. The van der Waals surface area contributed by atoms with Gasteiger partial charge in [0, 0.05) is 23.8 Å². The van der Waals surface area contributed by atoms with Crippen LogP contribution in [0.5, 0.6) is 5.75 Å². The number of halogens is 1. The molecule has 0 amide bonds. The molecule has 1 aromatic heterocycles. The molecular formula is C12H13ClN2O. The molecule has 0 aliphatic rings. The molecule has 16 heavy (non-hydrogen) atoms. The third-order valence-electron chi connectivity index (χ3n) is 2.39. The summed E-state index contributed by atoms with van der Waals surface area (Å²) >= 11 is 6.19. The quantitative estimate of drug-likeness (QED) is 0.888. The van der Waals surface area contributed by atoms with Crippen molar-refractivity contribution in [3.05, 3.63) is 29.4 Å². The Balaban J connectivity index is 2.75. The molecule has 0 fully saturated rings. The van der Waals surface area contributed by atoms with Gasteiger partial charge in [0.15, 0.2) is 0 Å². The number of ether oxygens (including phenoxy) is 1. The first-order valence-electron chi connectivity index (χ1n) is 5.13. The second kappa shape index (κ2) is 4.58. The number of nitrogens with zero attached hydrogens (tertiary/aromatic N) is 1. The van der Waals surface area contributed by atoms with Crippen molar-refractivity contribution in [2.24, 2.45) is 0 Å². The van der Waals surface area contributed by atoms with E-state index in [2.05, 4.69) is 10.3 Å². The molecule has 1 N–H and O–H groups in total. The van der Waals surface area contributed by atoms with Crippen LogP contribution < -0.4 is 10.1 Å². The van der Waals surface area contributed by atoms with Gasteiger partial charge in [0.25, 0.3) is 0 Å². The summed E-state index contributed by atoms with van der Waals surface area (Å²) in [4.78, 5) is 4.31. The maximum atomic E-state index is 6.19. The van der Waals surface area contributed by atoms with Crippen molar-refractivity contribution < 1.29 is 4.74 Å². The number of methoxy groups -OCH3 is 1. The number of benzene rings is 1. The maximum Gasteiger partial charge on any atom is 0.145 e. The average Bonchev–Trinajstić information content (AvgIpc) is 2.30. The smallest absolute Gasteiger partial charge is 0.145 e. The molecule has 1 aromatic carbocycles. The van der Waals surface area contributed by atoms with Crippen LogP contribution in [0.1, 0.15) is 6.92 Å². The van der Waals surface area contributed by atoms with Gasteiger partial charge in [-0.1, -0.05) is 11.6 Å². The summed E-state index contributed by atoms with van der Waals surface area (Å²) < 4.78 is 5.27. The van der Waals surface area contributed by atoms with Gasteiger partial charge in [-0.05, 0) is 25.1 Å². The van der Waals surface area contributed by atoms with E-state index in [0.29, 0.717) is 5.02 Å². The molecule has 0 spiro atoms. The van der Waals surface area contributed by atoms with Crippen molar-refractivity contribution in [2.75, 3.05) is 19.0 Å². The zero-order valence-corrected chi connectivity index (χ0v) is 10.0. The van der Waals surface area contributed by atoms with Crippen LogP contribution in [-0.2, 0) is 0 Å². The highest BCUT2D eigenvalue weighted by Crippen LogP contribution is 2.34. The number of nitrogens with one attached hydrogen (secondary N) is 1. The molecule has 0 unspecified atom stereocenters. The first-order valence-corrected chi connectivity index (χ1v) is 5.50. The molecule has 2 rings (SSSR count). The number of hydrogen-bond donors (Lipinski definition) is 1. The Morgan fingerprint density at radius 1 is 1.38 bits per heavy atom. The Kier molecular flexibility index (Phi) is 3.15. The van der Waals surface area contributed by atoms with Gasteiger partial charge in [-0.2, -0.15) is 0 Å². The van der Waals surface area contributed by atoms with Crippen LogP contribution in [0.4, 0.5) is 5.69 Å². The van der Waals surface area contributed by atoms with Gasteiger partial charge in [-0.3, -0.25) is 4.98 Å². The summed E-state index contributed by atoms with van der Waals surface area (Å²) in [6.45, 7) is 2.88. The van der Waals surface area contributed by atoms with Crippen molar-refractivity contribution in [2.45, 2.75) is 6.92 Å². The molecule has 0 atom stereocenters. The van der Waals surface area contributed by atoms with Crippen LogP contribution >= 0.6 is 11.6 Å². The Labute approximate surface area is 99.4 Å². The van der Waals surface area contributed by atoms with E-state index < -0.39 is 0 Å². The fourth-order valence-electron chi connectivity index (χ4n) is 1.70. The standard InChI is InChI=1S/C12H13ClN2O/c1-3-14-9-6-7-15-12-10(16-2)5-4-8(13)11(9)12/h4-7H,3H2,1-2H3,(H,14,15). The van der Waals surface area contributed by atoms with E-state index >= 15 is 0 Å². The lowest BCUT2D eigenvalue weighted by Gasteiger charge is -2.11. The van der Waals surface area contributed by atoms with E-state index in [1.165, 1.54) is 0 Å². The van der Waals surface area contributed by atoms with E-state index in [0.717, 1.165) is 28.9 Å². The van der Waals surface area contributed by atoms with Crippen LogP contribution in [-0.4, -0.2) is 18.6 Å². The lowest BCUT2D eigenvalue weighted by Crippen LogP contribution is -1.99. The zero-order chi connectivity index (χ0) is 11.5. The largest absolute Gasteiger partial charge is 0.494 e. The molecule has 0 aliphatic carbocycles. The van der Waals surface area contributed by atoms with Crippen molar-refractivity contribution in [1.29, 1.82) is 0 Å². The molecule has 0 bridgehead atoms. The molecule has 0 aliphatic heterocycles. The summed E-state index contributed by atoms with van der Waals surface area (Å²) in [5.74, 6) is 0.735. The highest BCUT2D eigenvalue weighted by Gasteiger charge is 2.09. The SMILES string of the molecule is CCNc1ccnc2c(OC)ccc(Cl)c12. The van der Waals surface area contributed by atoms with E-state index in [1.807, 2.05) is 25.1 Å². The van der Waals surface area contributed by atoms with Crippen molar-refractivity contribution >= 4 is 28.2 Å². The lowest BCUT2D eigenvalue weighted by molar-refractivity contribution is 0.419. The molecule has 0 saturated carbocycles. The number of aromatic nitrogens is 1. The Morgan fingerprint density at radius 2 is 2.19 bits per heavy atom. The lowest BCUT2D eigenvalue weighted by atomic mass is 10.1. The predicted molar refractivity (Wildman–Crippen MR) is 67.5 cm³/mol. The molecule has 2 aromatic rings. The molecular weight excluding hydrogens is 224 g/mol. The number of rotatable bonds is 3. The van der Waals surface area contributed by atoms with E-state index in [9.17, 15) is 0 Å². The fraction of sp³-hybridized carbons (Fsp3) is 0.250.